The Kier molecular flexibility index (Phi) is 7.80. The Morgan fingerprint density at radius 2 is 1.79 bits per heavy atom. The third-order valence-electron chi connectivity index (χ3n) is 5.64. The maximum Gasteiger partial charge on any atom is 0.242 e. The van der Waals surface area contributed by atoms with E-state index in [1.807, 2.05) is 85.0 Å². The molecule has 34 heavy (non-hydrogen) atoms. The van der Waals surface area contributed by atoms with Crippen molar-refractivity contribution < 1.29 is 19.1 Å². The third-order valence-corrected chi connectivity index (χ3v) is 6.68. The first-order chi connectivity index (χ1) is 16.4. The Morgan fingerprint density at radius 3 is 2.50 bits per heavy atom. The van der Waals surface area contributed by atoms with Crippen molar-refractivity contribution in [3.8, 4) is 5.75 Å². The summed E-state index contributed by atoms with van der Waals surface area (Å²) in [6, 6.07) is 15.3. The van der Waals surface area contributed by atoms with E-state index >= 15 is 0 Å². The van der Waals surface area contributed by atoms with E-state index in [-0.39, 0.29) is 36.3 Å². The normalized spacial score (nSPS) is 18.1. The molecule has 1 fully saturated rings. The van der Waals surface area contributed by atoms with E-state index in [9.17, 15) is 9.59 Å². The highest BCUT2D eigenvalue weighted by Gasteiger charge is 2.26. The van der Waals surface area contributed by atoms with E-state index in [2.05, 4.69) is 5.32 Å². The van der Waals surface area contributed by atoms with Gasteiger partial charge in [-0.15, -0.1) is 11.8 Å². The number of benzene rings is 2. The Bertz CT molecular complexity index is 1130. The fourth-order valence-electron chi connectivity index (χ4n) is 4.23. The van der Waals surface area contributed by atoms with Crippen molar-refractivity contribution >= 4 is 40.2 Å². The van der Waals surface area contributed by atoms with Gasteiger partial charge in [0.1, 0.15) is 12.3 Å². The SMILES string of the molecule is CCOc1ccc(NC(=O)CSc2cn(CC(=O)N3C[C@H](C)O[C@@H](C)C3)c3ccccc23)cc1. The lowest BCUT2D eigenvalue weighted by Gasteiger charge is -2.35. The molecule has 0 unspecified atom stereocenters. The molecule has 2 heterocycles. The van der Waals surface area contributed by atoms with Crippen LogP contribution in [0.5, 0.6) is 5.75 Å². The van der Waals surface area contributed by atoms with Crippen LogP contribution in [0.3, 0.4) is 0 Å². The number of anilines is 1. The first-order valence-corrected chi connectivity index (χ1v) is 12.6. The molecule has 4 rings (SSSR count). The van der Waals surface area contributed by atoms with E-state index in [1.165, 1.54) is 11.8 Å². The van der Waals surface area contributed by atoms with E-state index in [0.717, 1.165) is 27.2 Å². The highest BCUT2D eigenvalue weighted by molar-refractivity contribution is 8.00. The average Bonchev–Trinajstić information content (AvgIpc) is 3.16. The lowest BCUT2D eigenvalue weighted by Crippen LogP contribution is -2.49. The number of carbonyl (C=O) groups excluding carboxylic acids is 2. The summed E-state index contributed by atoms with van der Waals surface area (Å²) in [6.45, 7) is 8.00. The van der Waals surface area contributed by atoms with Gasteiger partial charge in [-0.1, -0.05) is 18.2 Å². The topological polar surface area (TPSA) is 72.8 Å². The highest BCUT2D eigenvalue weighted by Crippen LogP contribution is 2.30. The first kappa shape index (κ1) is 24.2. The maximum atomic E-state index is 13.0. The number of nitrogens with zero attached hydrogens (tertiary/aromatic N) is 2. The second-order valence-electron chi connectivity index (χ2n) is 8.49. The van der Waals surface area contributed by atoms with Gasteiger partial charge in [-0.2, -0.15) is 0 Å². The number of fused-ring (bicyclic) bond motifs is 1. The van der Waals surface area contributed by atoms with Gasteiger partial charge >= 0.3 is 0 Å². The summed E-state index contributed by atoms with van der Waals surface area (Å²) in [4.78, 5) is 28.4. The van der Waals surface area contributed by atoms with Gasteiger partial charge < -0.3 is 24.3 Å². The summed E-state index contributed by atoms with van der Waals surface area (Å²) in [7, 11) is 0. The van der Waals surface area contributed by atoms with E-state index in [0.29, 0.717) is 19.7 Å². The second kappa shape index (κ2) is 11.0. The number of carbonyl (C=O) groups is 2. The van der Waals surface area contributed by atoms with Crippen molar-refractivity contribution in [2.45, 2.75) is 44.4 Å². The van der Waals surface area contributed by atoms with Crippen LogP contribution in [-0.4, -0.2) is 58.9 Å². The van der Waals surface area contributed by atoms with Crippen molar-refractivity contribution in [2.75, 3.05) is 30.8 Å². The quantitative estimate of drug-likeness (QED) is 0.483. The zero-order chi connectivity index (χ0) is 24.1. The van der Waals surface area contributed by atoms with Crippen molar-refractivity contribution in [3.05, 3.63) is 54.7 Å². The second-order valence-corrected chi connectivity index (χ2v) is 9.51. The molecule has 1 saturated heterocycles. The molecule has 1 N–H and O–H groups in total. The van der Waals surface area contributed by atoms with E-state index < -0.39 is 0 Å². The standard InChI is InChI=1S/C26H31N3O4S/c1-4-32-21-11-9-20(10-12-21)27-25(30)17-34-24-15-28(23-8-6-5-7-22(23)24)16-26(31)29-13-18(2)33-19(3)14-29/h5-12,15,18-19H,4,13-14,16-17H2,1-3H3,(H,27,30)/t18-,19-/m0/s1. The van der Waals surface area contributed by atoms with Crippen molar-refractivity contribution in [3.63, 3.8) is 0 Å². The predicted octanol–water partition coefficient (Wildman–Crippen LogP) is 4.41. The molecule has 1 aliphatic rings. The number of aromatic nitrogens is 1. The first-order valence-electron chi connectivity index (χ1n) is 11.6. The summed E-state index contributed by atoms with van der Waals surface area (Å²) in [5.74, 6) is 1.04. The molecule has 0 radical (unpaired) electrons. The van der Waals surface area contributed by atoms with Gasteiger partial charge in [0.05, 0.1) is 24.6 Å². The molecule has 0 spiro atoms. The molecule has 2 atom stereocenters. The molecule has 2 amide bonds. The number of para-hydroxylation sites is 1. The molecule has 1 aromatic heterocycles. The molecule has 1 aliphatic heterocycles. The molecule has 2 aromatic carbocycles. The molecule has 0 saturated carbocycles. The summed E-state index contributed by atoms with van der Waals surface area (Å²) >= 11 is 1.47. The van der Waals surface area contributed by atoms with Gasteiger partial charge in [0.2, 0.25) is 11.8 Å². The van der Waals surface area contributed by atoms with Crippen LogP contribution in [0.25, 0.3) is 10.9 Å². The van der Waals surface area contributed by atoms with Gasteiger partial charge in [0.25, 0.3) is 0 Å². The summed E-state index contributed by atoms with van der Waals surface area (Å²) < 4.78 is 13.2. The van der Waals surface area contributed by atoms with Gasteiger partial charge in [0, 0.05) is 40.8 Å². The van der Waals surface area contributed by atoms with Crippen LogP contribution >= 0.6 is 11.8 Å². The zero-order valence-corrected chi connectivity index (χ0v) is 20.6. The van der Waals surface area contributed by atoms with Crippen LogP contribution in [-0.2, 0) is 20.9 Å². The van der Waals surface area contributed by atoms with Crippen LogP contribution in [0.4, 0.5) is 5.69 Å². The Balaban J connectivity index is 1.41. The maximum absolute atomic E-state index is 13.0. The van der Waals surface area contributed by atoms with E-state index in [4.69, 9.17) is 9.47 Å². The third kappa shape index (κ3) is 5.93. The predicted molar refractivity (Wildman–Crippen MR) is 135 cm³/mol. The highest BCUT2D eigenvalue weighted by atomic mass is 32.2. The number of hydrogen-bond acceptors (Lipinski definition) is 5. The van der Waals surface area contributed by atoms with Crippen LogP contribution in [0.2, 0.25) is 0 Å². The number of nitrogens with one attached hydrogen (secondary N) is 1. The molecule has 0 aliphatic carbocycles. The van der Waals surface area contributed by atoms with E-state index in [1.54, 1.807) is 0 Å². The minimum absolute atomic E-state index is 0.0362. The number of morpholine rings is 1. The minimum atomic E-state index is -0.0849. The van der Waals surface area contributed by atoms with Crippen molar-refractivity contribution in [2.24, 2.45) is 0 Å². The molecule has 0 bridgehead atoms. The Hall–Kier alpha value is -2.97. The molecule has 8 heteroatoms. The number of hydrogen-bond donors (Lipinski definition) is 1. The lowest BCUT2D eigenvalue weighted by molar-refractivity contribution is -0.143. The van der Waals surface area contributed by atoms with Crippen molar-refractivity contribution in [1.29, 1.82) is 0 Å². The average molecular weight is 482 g/mol. The Morgan fingerprint density at radius 1 is 1.09 bits per heavy atom. The number of rotatable bonds is 8. The molecule has 7 nitrogen and oxygen atoms in total. The fraction of sp³-hybridized carbons (Fsp3) is 0.385. The lowest BCUT2D eigenvalue weighted by atomic mass is 10.2. The van der Waals surface area contributed by atoms with Crippen LogP contribution in [0.1, 0.15) is 20.8 Å². The van der Waals surface area contributed by atoms with Gasteiger partial charge in [-0.25, -0.2) is 0 Å². The van der Waals surface area contributed by atoms with Crippen molar-refractivity contribution in [1.82, 2.24) is 9.47 Å². The minimum Gasteiger partial charge on any atom is -0.494 e. The summed E-state index contributed by atoms with van der Waals surface area (Å²) in [5, 5.41) is 3.96. The molecule has 3 aromatic rings. The smallest absolute Gasteiger partial charge is 0.242 e. The molecular weight excluding hydrogens is 450 g/mol. The van der Waals surface area contributed by atoms with Crippen LogP contribution in [0.15, 0.2) is 59.6 Å². The molecular formula is C26H31N3O4S. The van der Waals surface area contributed by atoms with Crippen LogP contribution < -0.4 is 10.1 Å². The fourth-order valence-corrected chi connectivity index (χ4v) is 5.12. The number of ether oxygens (including phenoxy) is 2. The van der Waals surface area contributed by atoms with Crippen LogP contribution in [0, 0.1) is 0 Å². The van der Waals surface area contributed by atoms with Gasteiger partial charge in [0.15, 0.2) is 0 Å². The summed E-state index contributed by atoms with van der Waals surface area (Å²) in [5.41, 5.74) is 1.72. The largest absolute Gasteiger partial charge is 0.494 e. The van der Waals surface area contributed by atoms with Gasteiger partial charge in [-0.3, -0.25) is 9.59 Å². The molecule has 180 valence electrons. The zero-order valence-electron chi connectivity index (χ0n) is 19.8. The summed E-state index contributed by atoms with van der Waals surface area (Å²) in [6.07, 6.45) is 2.05. The van der Waals surface area contributed by atoms with Gasteiger partial charge in [-0.05, 0) is 51.1 Å². The Labute approximate surface area is 204 Å². The monoisotopic (exact) mass is 481 g/mol. The number of amides is 2. The number of thioether (sulfide) groups is 1.